The lowest BCUT2D eigenvalue weighted by Gasteiger charge is -2.29. The van der Waals surface area contributed by atoms with Crippen LogP contribution in [0.5, 0.6) is 0 Å². The Hall–Kier alpha value is -0.880. The Labute approximate surface area is 109 Å². The largest absolute Gasteiger partial charge is 0.332 e. The zero-order valence-corrected chi connectivity index (χ0v) is 11.8. The lowest BCUT2D eigenvalue weighted by atomic mass is 9.98. The maximum atomic E-state index is 11.2. The Bertz CT molecular complexity index is 495. The van der Waals surface area contributed by atoms with E-state index in [0.717, 1.165) is 12.1 Å². The van der Waals surface area contributed by atoms with Gasteiger partial charge in [0.2, 0.25) is 0 Å². The van der Waals surface area contributed by atoms with E-state index in [1.54, 1.807) is 6.33 Å². The van der Waals surface area contributed by atoms with Crippen molar-refractivity contribution in [3.8, 4) is 0 Å². The van der Waals surface area contributed by atoms with Crippen molar-refractivity contribution in [3.05, 3.63) is 18.2 Å². The number of sulfone groups is 1. The van der Waals surface area contributed by atoms with E-state index in [4.69, 9.17) is 0 Å². The summed E-state index contributed by atoms with van der Waals surface area (Å²) in [5, 5.41) is 3.55. The number of aryl methyl sites for hydroxylation is 1. The minimum absolute atomic E-state index is 0.165. The van der Waals surface area contributed by atoms with Crippen LogP contribution in [0.3, 0.4) is 0 Å². The second kappa shape index (κ2) is 5.40. The zero-order valence-electron chi connectivity index (χ0n) is 11.0. The highest BCUT2D eigenvalue weighted by Crippen LogP contribution is 2.25. The molecule has 0 spiro atoms. The summed E-state index contributed by atoms with van der Waals surface area (Å²) in [5.74, 6) is 0.165. The van der Waals surface area contributed by atoms with Crippen LogP contribution in [0.25, 0.3) is 0 Å². The summed E-state index contributed by atoms with van der Waals surface area (Å²) >= 11 is 0. The number of hydrogen-bond donors (Lipinski definition) is 1. The van der Waals surface area contributed by atoms with Crippen molar-refractivity contribution in [2.75, 3.05) is 12.0 Å². The Morgan fingerprint density at radius 2 is 2.28 bits per heavy atom. The Kier molecular flexibility index (Phi) is 4.07. The number of aromatic nitrogens is 2. The molecule has 1 aromatic heterocycles. The van der Waals surface area contributed by atoms with Gasteiger partial charge in [-0.25, -0.2) is 13.4 Å². The van der Waals surface area contributed by atoms with Crippen LogP contribution in [0.15, 0.2) is 12.5 Å². The van der Waals surface area contributed by atoms with Gasteiger partial charge < -0.3 is 9.88 Å². The number of hydrogen-bond acceptors (Lipinski definition) is 4. The maximum Gasteiger partial charge on any atom is 0.149 e. The summed E-state index contributed by atoms with van der Waals surface area (Å²) in [6, 6.07) is 0.817. The highest BCUT2D eigenvalue weighted by Gasteiger charge is 2.22. The van der Waals surface area contributed by atoms with Crippen LogP contribution in [-0.4, -0.2) is 36.0 Å². The normalized spacial score (nSPS) is 25.2. The van der Waals surface area contributed by atoms with Crippen LogP contribution in [0.1, 0.15) is 37.9 Å². The van der Waals surface area contributed by atoms with Gasteiger partial charge in [-0.3, -0.25) is 0 Å². The van der Waals surface area contributed by atoms with Crippen LogP contribution >= 0.6 is 0 Å². The predicted octanol–water partition coefficient (Wildman–Crippen LogP) is 1.13. The monoisotopic (exact) mass is 271 g/mol. The van der Waals surface area contributed by atoms with E-state index in [0.29, 0.717) is 18.6 Å². The van der Waals surface area contributed by atoms with Crippen molar-refractivity contribution in [3.63, 3.8) is 0 Å². The standard InChI is InChI=1S/C12H21N3O2S/c1-10-4-3-5-11(14-10)12-8-13-9-15(12)6-7-18(2,16)17/h8-11,14H,3-7H2,1-2H3. The molecule has 0 aromatic carbocycles. The minimum Gasteiger partial charge on any atom is -0.332 e. The molecule has 0 saturated carbocycles. The number of piperidine rings is 1. The molecule has 0 radical (unpaired) electrons. The predicted molar refractivity (Wildman–Crippen MR) is 71.1 cm³/mol. The van der Waals surface area contributed by atoms with Gasteiger partial charge in [0.1, 0.15) is 9.84 Å². The van der Waals surface area contributed by atoms with E-state index >= 15 is 0 Å². The SMILES string of the molecule is CC1CCCC(c2cncn2CCS(C)(=O)=O)N1. The fourth-order valence-corrected chi connectivity index (χ4v) is 2.97. The first-order chi connectivity index (χ1) is 8.46. The van der Waals surface area contributed by atoms with E-state index in [1.165, 1.54) is 19.1 Å². The van der Waals surface area contributed by atoms with Crippen molar-refractivity contribution >= 4 is 9.84 Å². The minimum atomic E-state index is -2.93. The lowest BCUT2D eigenvalue weighted by Crippen LogP contribution is -2.35. The van der Waals surface area contributed by atoms with Crippen molar-refractivity contribution < 1.29 is 8.42 Å². The Morgan fingerprint density at radius 3 is 2.94 bits per heavy atom. The van der Waals surface area contributed by atoms with Gasteiger partial charge >= 0.3 is 0 Å². The van der Waals surface area contributed by atoms with Crippen molar-refractivity contribution in [2.24, 2.45) is 0 Å². The van der Waals surface area contributed by atoms with Crippen LogP contribution in [-0.2, 0) is 16.4 Å². The van der Waals surface area contributed by atoms with Gasteiger partial charge in [0.15, 0.2) is 0 Å². The summed E-state index contributed by atoms with van der Waals surface area (Å²) in [6.45, 7) is 2.67. The molecular formula is C12H21N3O2S. The van der Waals surface area contributed by atoms with Crippen molar-refractivity contribution in [2.45, 2.75) is 44.8 Å². The number of nitrogens with one attached hydrogen (secondary N) is 1. The van der Waals surface area contributed by atoms with Crippen LogP contribution in [0.2, 0.25) is 0 Å². The summed E-state index contributed by atoms with van der Waals surface area (Å²) in [5.41, 5.74) is 1.10. The fourth-order valence-electron chi connectivity index (χ4n) is 2.44. The molecule has 18 heavy (non-hydrogen) atoms. The third-order valence-electron chi connectivity index (χ3n) is 3.42. The first-order valence-electron chi connectivity index (χ1n) is 6.39. The number of rotatable bonds is 4. The van der Waals surface area contributed by atoms with E-state index in [-0.39, 0.29) is 5.75 Å². The molecule has 102 valence electrons. The quantitative estimate of drug-likeness (QED) is 0.891. The lowest BCUT2D eigenvalue weighted by molar-refractivity contribution is 0.330. The Balaban J connectivity index is 2.07. The third kappa shape index (κ3) is 3.55. The van der Waals surface area contributed by atoms with E-state index in [9.17, 15) is 8.42 Å². The molecule has 5 nitrogen and oxygen atoms in total. The van der Waals surface area contributed by atoms with E-state index in [2.05, 4.69) is 17.2 Å². The van der Waals surface area contributed by atoms with Crippen molar-refractivity contribution in [1.82, 2.24) is 14.9 Å². The summed E-state index contributed by atoms with van der Waals surface area (Å²) in [6.07, 6.45) is 8.34. The number of nitrogens with zero attached hydrogens (tertiary/aromatic N) is 2. The highest BCUT2D eigenvalue weighted by molar-refractivity contribution is 7.90. The summed E-state index contributed by atoms with van der Waals surface area (Å²) < 4.78 is 24.4. The first kappa shape index (κ1) is 13.5. The molecule has 0 aliphatic carbocycles. The average Bonchev–Trinajstić information content (AvgIpc) is 2.73. The molecule has 2 atom stereocenters. The molecule has 1 fully saturated rings. The molecular weight excluding hydrogens is 250 g/mol. The Morgan fingerprint density at radius 1 is 1.50 bits per heavy atom. The van der Waals surface area contributed by atoms with Gasteiger partial charge in [-0.05, 0) is 26.2 Å². The second-order valence-electron chi connectivity index (χ2n) is 5.19. The molecule has 1 aromatic rings. The van der Waals surface area contributed by atoms with Gasteiger partial charge in [-0.2, -0.15) is 0 Å². The number of imidazole rings is 1. The van der Waals surface area contributed by atoms with Gasteiger partial charge in [-0.15, -0.1) is 0 Å². The first-order valence-corrected chi connectivity index (χ1v) is 8.45. The van der Waals surface area contributed by atoms with Crippen LogP contribution in [0, 0.1) is 0 Å². The summed E-state index contributed by atoms with van der Waals surface area (Å²) in [4.78, 5) is 4.15. The average molecular weight is 271 g/mol. The molecule has 0 amide bonds. The summed E-state index contributed by atoms with van der Waals surface area (Å²) in [7, 11) is -2.93. The fraction of sp³-hybridized carbons (Fsp3) is 0.750. The van der Waals surface area contributed by atoms with Gasteiger partial charge in [0, 0.05) is 31.1 Å². The molecule has 1 saturated heterocycles. The topological polar surface area (TPSA) is 64.0 Å². The van der Waals surface area contributed by atoms with Crippen LogP contribution < -0.4 is 5.32 Å². The molecule has 1 N–H and O–H groups in total. The third-order valence-corrected chi connectivity index (χ3v) is 4.34. The molecule has 0 bridgehead atoms. The molecule has 1 aliphatic heterocycles. The second-order valence-corrected chi connectivity index (χ2v) is 7.45. The molecule has 6 heteroatoms. The maximum absolute atomic E-state index is 11.2. The van der Waals surface area contributed by atoms with Gasteiger partial charge in [-0.1, -0.05) is 0 Å². The molecule has 2 heterocycles. The zero-order chi connectivity index (χ0) is 13.2. The highest BCUT2D eigenvalue weighted by atomic mass is 32.2. The van der Waals surface area contributed by atoms with E-state index in [1.807, 2.05) is 10.8 Å². The smallest absolute Gasteiger partial charge is 0.149 e. The molecule has 2 rings (SSSR count). The van der Waals surface area contributed by atoms with Crippen LogP contribution in [0.4, 0.5) is 0 Å². The molecule has 2 unspecified atom stereocenters. The van der Waals surface area contributed by atoms with Gasteiger partial charge in [0.25, 0.3) is 0 Å². The van der Waals surface area contributed by atoms with E-state index < -0.39 is 9.84 Å². The van der Waals surface area contributed by atoms with Crippen molar-refractivity contribution in [1.29, 1.82) is 0 Å². The van der Waals surface area contributed by atoms with Gasteiger partial charge in [0.05, 0.1) is 17.8 Å². The molecule has 1 aliphatic rings.